The van der Waals surface area contributed by atoms with Crippen LogP contribution in [0.1, 0.15) is 29.3 Å². The van der Waals surface area contributed by atoms with Crippen LogP contribution in [-0.4, -0.2) is 19.7 Å². The van der Waals surface area contributed by atoms with Gasteiger partial charge in [0, 0.05) is 12.7 Å². The van der Waals surface area contributed by atoms with Crippen molar-refractivity contribution < 1.29 is 27.8 Å². The molecule has 0 radical (unpaired) electrons. The number of benzene rings is 2. The second kappa shape index (κ2) is 8.40. The van der Waals surface area contributed by atoms with Crippen LogP contribution in [0.15, 0.2) is 36.4 Å². The van der Waals surface area contributed by atoms with E-state index in [1.807, 2.05) is 6.92 Å². The van der Waals surface area contributed by atoms with Gasteiger partial charge >= 0.3 is 5.97 Å². The van der Waals surface area contributed by atoms with Crippen LogP contribution in [0, 0.1) is 11.6 Å². The van der Waals surface area contributed by atoms with Crippen LogP contribution in [0.25, 0.3) is 0 Å². The Bertz CT molecular complexity index is 699. The van der Waals surface area contributed by atoms with E-state index in [1.54, 1.807) is 12.1 Å². The third kappa shape index (κ3) is 4.29. The zero-order valence-corrected chi connectivity index (χ0v) is 13.5. The predicted octanol–water partition coefficient (Wildman–Crippen LogP) is 4.12. The van der Waals surface area contributed by atoms with E-state index >= 15 is 0 Å². The molecular weight excluding hydrogens is 318 g/mol. The van der Waals surface area contributed by atoms with E-state index in [0.717, 1.165) is 6.42 Å². The maximum absolute atomic E-state index is 13.9. The largest absolute Gasteiger partial charge is 0.494 e. The van der Waals surface area contributed by atoms with Crippen molar-refractivity contribution in [2.45, 2.75) is 20.0 Å². The third-order valence-electron chi connectivity index (χ3n) is 3.19. The van der Waals surface area contributed by atoms with Gasteiger partial charge in [0.1, 0.15) is 5.75 Å². The second-order valence-electron chi connectivity index (χ2n) is 5.05. The predicted molar refractivity (Wildman–Crippen MR) is 84.3 cm³/mol. The Morgan fingerprint density at radius 1 is 1.04 bits per heavy atom. The quantitative estimate of drug-likeness (QED) is 0.564. The number of carbonyl (C=O) groups is 1. The highest BCUT2D eigenvalue weighted by Crippen LogP contribution is 2.24. The number of methoxy groups -OCH3 is 1. The molecule has 2 aromatic carbocycles. The summed E-state index contributed by atoms with van der Waals surface area (Å²) in [7, 11) is 1.37. The van der Waals surface area contributed by atoms with Gasteiger partial charge in [-0.05, 0) is 42.8 Å². The fourth-order valence-corrected chi connectivity index (χ4v) is 1.98. The summed E-state index contributed by atoms with van der Waals surface area (Å²) in [6.07, 6.45) is 0.869. The van der Waals surface area contributed by atoms with E-state index < -0.39 is 23.4 Å². The Balaban J connectivity index is 2.10. The van der Waals surface area contributed by atoms with Gasteiger partial charge in [0.05, 0.1) is 18.8 Å². The molecule has 0 heterocycles. The van der Waals surface area contributed by atoms with E-state index in [0.29, 0.717) is 12.4 Å². The van der Waals surface area contributed by atoms with Gasteiger partial charge in [-0.3, -0.25) is 0 Å². The number of hydrogen-bond donors (Lipinski definition) is 0. The molecule has 24 heavy (non-hydrogen) atoms. The molecule has 0 amide bonds. The van der Waals surface area contributed by atoms with Gasteiger partial charge in [-0.25, -0.2) is 9.18 Å². The number of esters is 1. The molecule has 0 bridgehead atoms. The SMILES string of the molecule is CCCOc1ccc(C(=O)Oc2ccc(COC)c(F)c2F)cc1. The summed E-state index contributed by atoms with van der Waals surface area (Å²) in [5, 5.41) is 0. The first-order valence-corrected chi connectivity index (χ1v) is 7.47. The van der Waals surface area contributed by atoms with Gasteiger partial charge < -0.3 is 14.2 Å². The van der Waals surface area contributed by atoms with Gasteiger partial charge in [-0.1, -0.05) is 6.92 Å². The van der Waals surface area contributed by atoms with Crippen molar-refractivity contribution in [1.82, 2.24) is 0 Å². The van der Waals surface area contributed by atoms with E-state index in [1.165, 1.54) is 31.4 Å². The van der Waals surface area contributed by atoms with Gasteiger partial charge in [-0.15, -0.1) is 0 Å². The van der Waals surface area contributed by atoms with Crippen LogP contribution in [-0.2, 0) is 11.3 Å². The first-order chi connectivity index (χ1) is 11.6. The van der Waals surface area contributed by atoms with Crippen molar-refractivity contribution in [1.29, 1.82) is 0 Å². The molecule has 0 N–H and O–H groups in total. The van der Waals surface area contributed by atoms with Gasteiger partial charge in [-0.2, -0.15) is 4.39 Å². The zero-order valence-electron chi connectivity index (χ0n) is 13.5. The van der Waals surface area contributed by atoms with Crippen LogP contribution < -0.4 is 9.47 Å². The van der Waals surface area contributed by atoms with Crippen LogP contribution in [0.4, 0.5) is 8.78 Å². The lowest BCUT2D eigenvalue weighted by Crippen LogP contribution is -2.11. The standard InChI is InChI=1S/C18H18F2O4/c1-3-10-23-14-7-4-12(5-8-14)18(21)24-15-9-6-13(11-22-2)16(19)17(15)20/h4-9H,3,10-11H2,1-2H3. The summed E-state index contributed by atoms with van der Waals surface area (Å²) in [5.41, 5.74) is 0.256. The minimum atomic E-state index is -1.22. The van der Waals surface area contributed by atoms with Crippen molar-refractivity contribution in [2.75, 3.05) is 13.7 Å². The van der Waals surface area contributed by atoms with Crippen molar-refractivity contribution in [2.24, 2.45) is 0 Å². The van der Waals surface area contributed by atoms with Gasteiger partial charge in [0.15, 0.2) is 11.6 Å². The van der Waals surface area contributed by atoms with Crippen molar-refractivity contribution in [3.05, 3.63) is 59.2 Å². The zero-order chi connectivity index (χ0) is 17.5. The summed E-state index contributed by atoms with van der Waals surface area (Å²) >= 11 is 0. The number of carbonyl (C=O) groups excluding carboxylic acids is 1. The lowest BCUT2D eigenvalue weighted by Gasteiger charge is -2.09. The summed E-state index contributed by atoms with van der Waals surface area (Å²) in [6.45, 7) is 2.48. The molecule has 128 valence electrons. The van der Waals surface area contributed by atoms with Crippen LogP contribution in [0.3, 0.4) is 0 Å². The average Bonchev–Trinajstić information content (AvgIpc) is 2.60. The summed E-state index contributed by atoms with van der Waals surface area (Å²) in [5.74, 6) is -2.95. The number of ether oxygens (including phenoxy) is 3. The molecule has 0 aliphatic heterocycles. The van der Waals surface area contributed by atoms with E-state index in [2.05, 4.69) is 0 Å². The summed E-state index contributed by atoms with van der Waals surface area (Å²) in [6, 6.07) is 8.74. The maximum atomic E-state index is 13.9. The van der Waals surface area contributed by atoms with Gasteiger partial charge in [0.2, 0.25) is 5.82 Å². The highest BCUT2D eigenvalue weighted by atomic mass is 19.2. The molecular formula is C18H18F2O4. The fourth-order valence-electron chi connectivity index (χ4n) is 1.98. The van der Waals surface area contributed by atoms with Crippen LogP contribution in [0.5, 0.6) is 11.5 Å². The Morgan fingerprint density at radius 3 is 2.38 bits per heavy atom. The topological polar surface area (TPSA) is 44.8 Å². The maximum Gasteiger partial charge on any atom is 0.343 e. The van der Waals surface area contributed by atoms with Crippen molar-refractivity contribution in [3.8, 4) is 11.5 Å². The number of halogens is 2. The molecule has 0 aliphatic rings. The molecule has 0 saturated carbocycles. The molecule has 0 atom stereocenters. The lowest BCUT2D eigenvalue weighted by molar-refractivity contribution is 0.0726. The first-order valence-electron chi connectivity index (χ1n) is 7.47. The molecule has 4 nitrogen and oxygen atoms in total. The fraction of sp³-hybridized carbons (Fsp3) is 0.278. The molecule has 0 spiro atoms. The van der Waals surface area contributed by atoms with E-state index in [4.69, 9.17) is 14.2 Å². The smallest absolute Gasteiger partial charge is 0.343 e. The molecule has 0 aliphatic carbocycles. The Hall–Kier alpha value is -2.47. The lowest BCUT2D eigenvalue weighted by atomic mass is 10.2. The second-order valence-corrected chi connectivity index (χ2v) is 5.05. The highest BCUT2D eigenvalue weighted by molar-refractivity contribution is 5.91. The Labute approximate surface area is 139 Å². The molecule has 2 aromatic rings. The molecule has 0 aromatic heterocycles. The molecule has 6 heteroatoms. The molecule has 2 rings (SSSR count). The van der Waals surface area contributed by atoms with Crippen molar-refractivity contribution >= 4 is 5.97 Å². The van der Waals surface area contributed by atoms with Gasteiger partial charge in [0.25, 0.3) is 0 Å². The molecule has 0 unspecified atom stereocenters. The van der Waals surface area contributed by atoms with Crippen LogP contribution in [0.2, 0.25) is 0 Å². The monoisotopic (exact) mass is 336 g/mol. The van der Waals surface area contributed by atoms with Crippen molar-refractivity contribution in [3.63, 3.8) is 0 Å². The van der Waals surface area contributed by atoms with E-state index in [9.17, 15) is 13.6 Å². The average molecular weight is 336 g/mol. The normalized spacial score (nSPS) is 10.5. The minimum Gasteiger partial charge on any atom is -0.494 e. The molecule has 0 fully saturated rings. The van der Waals surface area contributed by atoms with Crippen LogP contribution >= 0.6 is 0 Å². The minimum absolute atomic E-state index is 0.0484. The first kappa shape index (κ1) is 17.9. The summed E-state index contributed by atoms with van der Waals surface area (Å²) in [4.78, 5) is 12.0. The number of rotatable bonds is 7. The summed E-state index contributed by atoms with van der Waals surface area (Å²) < 4.78 is 42.9. The third-order valence-corrected chi connectivity index (χ3v) is 3.19. The number of hydrogen-bond acceptors (Lipinski definition) is 4. The Kier molecular flexibility index (Phi) is 6.26. The molecule has 0 saturated heterocycles. The highest BCUT2D eigenvalue weighted by Gasteiger charge is 2.18. The Morgan fingerprint density at radius 2 is 1.75 bits per heavy atom. The van der Waals surface area contributed by atoms with E-state index in [-0.39, 0.29) is 17.7 Å².